The van der Waals surface area contributed by atoms with Crippen molar-refractivity contribution < 1.29 is 14.3 Å². The van der Waals surface area contributed by atoms with Gasteiger partial charge in [-0.2, -0.15) is 5.10 Å². The highest BCUT2D eigenvalue weighted by atomic mass is 35.5. The van der Waals surface area contributed by atoms with Gasteiger partial charge in [-0.3, -0.25) is 9.89 Å². The van der Waals surface area contributed by atoms with Crippen molar-refractivity contribution >= 4 is 23.3 Å². The summed E-state index contributed by atoms with van der Waals surface area (Å²) in [5, 5.41) is 19.4. The predicted octanol–water partition coefficient (Wildman–Crippen LogP) is 4.73. The third kappa shape index (κ3) is 4.50. The SMILES string of the molecule is O=C(Cc1ccc(O)cc1)Nc1cc(-c2nc(-c3ncn[nH]3)c(-c3ccccc3Cl)o2)ccn1. The summed E-state index contributed by atoms with van der Waals surface area (Å²) in [6.45, 7) is 0. The third-order valence-electron chi connectivity index (χ3n) is 4.96. The maximum atomic E-state index is 12.5. The molecule has 0 spiro atoms. The molecule has 2 aromatic carbocycles. The van der Waals surface area contributed by atoms with E-state index in [0.717, 1.165) is 5.56 Å². The smallest absolute Gasteiger partial charge is 0.229 e. The highest BCUT2D eigenvalue weighted by Crippen LogP contribution is 2.37. The molecule has 10 heteroatoms. The van der Waals surface area contributed by atoms with Crippen molar-refractivity contribution in [3.05, 3.63) is 83.8 Å². The predicted molar refractivity (Wildman–Crippen MR) is 126 cm³/mol. The Balaban J connectivity index is 1.45. The van der Waals surface area contributed by atoms with Crippen LogP contribution in [0.1, 0.15) is 5.56 Å². The number of hydrogen-bond acceptors (Lipinski definition) is 7. The van der Waals surface area contributed by atoms with Crippen LogP contribution in [0.25, 0.3) is 34.3 Å². The minimum absolute atomic E-state index is 0.136. The van der Waals surface area contributed by atoms with E-state index in [1.165, 1.54) is 18.5 Å². The molecule has 168 valence electrons. The van der Waals surface area contributed by atoms with Crippen LogP contribution in [0, 0.1) is 0 Å². The number of nitrogens with one attached hydrogen (secondary N) is 2. The number of amides is 1. The first-order chi connectivity index (χ1) is 16.6. The second kappa shape index (κ2) is 9.16. The number of halogens is 1. The molecule has 0 fully saturated rings. The molecule has 5 aromatic rings. The van der Waals surface area contributed by atoms with Gasteiger partial charge >= 0.3 is 0 Å². The average molecular weight is 473 g/mol. The van der Waals surface area contributed by atoms with Crippen molar-refractivity contribution in [2.75, 3.05) is 5.32 Å². The fourth-order valence-electron chi connectivity index (χ4n) is 3.37. The summed E-state index contributed by atoms with van der Waals surface area (Å²) in [5.41, 5.74) is 2.48. The number of phenolic OH excluding ortho intramolecular Hbond substituents is 1. The van der Waals surface area contributed by atoms with Gasteiger partial charge in [-0.05, 0) is 42.0 Å². The van der Waals surface area contributed by atoms with E-state index in [4.69, 9.17) is 16.0 Å². The van der Waals surface area contributed by atoms with Gasteiger partial charge in [-0.15, -0.1) is 0 Å². The van der Waals surface area contributed by atoms with E-state index in [-0.39, 0.29) is 18.1 Å². The van der Waals surface area contributed by atoms with Crippen LogP contribution in [-0.4, -0.2) is 36.2 Å². The average Bonchev–Trinajstić information content (AvgIpc) is 3.51. The van der Waals surface area contributed by atoms with Crippen molar-refractivity contribution in [1.29, 1.82) is 0 Å². The first kappa shape index (κ1) is 21.4. The van der Waals surface area contributed by atoms with Crippen LogP contribution in [0.5, 0.6) is 5.75 Å². The molecule has 9 nitrogen and oxygen atoms in total. The molecule has 5 rings (SSSR count). The number of carbonyl (C=O) groups is 1. The maximum absolute atomic E-state index is 12.5. The number of aromatic amines is 1. The lowest BCUT2D eigenvalue weighted by Gasteiger charge is -2.06. The second-order valence-electron chi connectivity index (χ2n) is 7.33. The van der Waals surface area contributed by atoms with Gasteiger partial charge in [0.05, 0.1) is 11.4 Å². The van der Waals surface area contributed by atoms with Crippen molar-refractivity contribution in [1.82, 2.24) is 25.1 Å². The fourth-order valence-corrected chi connectivity index (χ4v) is 3.59. The van der Waals surface area contributed by atoms with E-state index >= 15 is 0 Å². The van der Waals surface area contributed by atoms with Gasteiger partial charge in [0, 0.05) is 17.3 Å². The van der Waals surface area contributed by atoms with Gasteiger partial charge in [0.15, 0.2) is 17.3 Å². The minimum atomic E-state index is -0.248. The quantitative estimate of drug-likeness (QED) is 0.325. The molecule has 0 aliphatic heterocycles. The number of anilines is 1. The molecule has 1 amide bonds. The summed E-state index contributed by atoms with van der Waals surface area (Å²) >= 11 is 6.40. The van der Waals surface area contributed by atoms with Gasteiger partial charge in [0.2, 0.25) is 11.8 Å². The molecule has 0 saturated carbocycles. The van der Waals surface area contributed by atoms with E-state index in [9.17, 15) is 9.90 Å². The molecule has 0 bridgehead atoms. The Bertz CT molecular complexity index is 1450. The van der Waals surface area contributed by atoms with Crippen molar-refractivity contribution in [2.24, 2.45) is 0 Å². The molecule has 0 radical (unpaired) electrons. The maximum Gasteiger partial charge on any atom is 0.229 e. The monoisotopic (exact) mass is 472 g/mol. The minimum Gasteiger partial charge on any atom is -0.508 e. The number of carbonyl (C=O) groups excluding carboxylic acids is 1. The number of pyridine rings is 1. The number of hydrogen-bond donors (Lipinski definition) is 3. The number of rotatable bonds is 6. The van der Waals surface area contributed by atoms with Crippen LogP contribution in [0.4, 0.5) is 5.82 Å². The van der Waals surface area contributed by atoms with Crippen LogP contribution in [-0.2, 0) is 11.2 Å². The number of aromatic hydroxyl groups is 1. The lowest BCUT2D eigenvalue weighted by atomic mass is 10.1. The van der Waals surface area contributed by atoms with Crippen molar-refractivity contribution in [2.45, 2.75) is 6.42 Å². The van der Waals surface area contributed by atoms with Crippen LogP contribution < -0.4 is 5.32 Å². The summed E-state index contributed by atoms with van der Waals surface area (Å²) in [4.78, 5) is 25.5. The molecule has 3 heterocycles. The van der Waals surface area contributed by atoms with Gasteiger partial charge < -0.3 is 14.8 Å². The Hall–Kier alpha value is -4.50. The van der Waals surface area contributed by atoms with E-state index in [2.05, 4.69) is 30.5 Å². The highest BCUT2D eigenvalue weighted by Gasteiger charge is 2.22. The Morgan fingerprint density at radius 1 is 1.09 bits per heavy atom. The molecule has 0 atom stereocenters. The van der Waals surface area contributed by atoms with E-state index < -0.39 is 0 Å². The fraction of sp³-hybridized carbons (Fsp3) is 0.0417. The van der Waals surface area contributed by atoms with E-state index in [1.807, 2.05) is 18.2 Å². The number of benzene rings is 2. The van der Waals surface area contributed by atoms with Crippen LogP contribution >= 0.6 is 11.6 Å². The largest absolute Gasteiger partial charge is 0.508 e. The number of nitrogens with zero attached hydrogens (tertiary/aromatic N) is 4. The zero-order chi connectivity index (χ0) is 23.5. The normalized spacial score (nSPS) is 10.9. The second-order valence-corrected chi connectivity index (χ2v) is 7.74. The molecular weight excluding hydrogens is 456 g/mol. The summed E-state index contributed by atoms with van der Waals surface area (Å²) in [5.74, 6) is 1.42. The first-order valence-electron chi connectivity index (χ1n) is 10.2. The Kier molecular flexibility index (Phi) is 5.75. The molecule has 0 aliphatic carbocycles. The molecule has 34 heavy (non-hydrogen) atoms. The number of aromatic nitrogens is 5. The van der Waals surface area contributed by atoms with Crippen molar-refractivity contribution in [3.8, 4) is 40.0 Å². The zero-order valence-electron chi connectivity index (χ0n) is 17.6. The number of oxazole rings is 1. The highest BCUT2D eigenvalue weighted by molar-refractivity contribution is 6.33. The standard InChI is InChI=1S/C24H17ClN6O3/c25-18-4-2-1-3-17(18)22-21(23-27-13-28-31-23)30-24(34-22)15-9-10-26-19(12-15)29-20(33)11-14-5-7-16(32)8-6-14/h1-10,12-13,32H,11H2,(H,26,29,33)(H,27,28,31). The van der Waals surface area contributed by atoms with Gasteiger partial charge in [0.1, 0.15) is 17.9 Å². The lowest BCUT2D eigenvalue weighted by molar-refractivity contribution is -0.115. The summed E-state index contributed by atoms with van der Waals surface area (Å²) in [6.07, 6.45) is 3.07. The molecule has 3 N–H and O–H groups in total. The molecule has 0 aliphatic rings. The Labute approximate surface area is 198 Å². The van der Waals surface area contributed by atoms with Gasteiger partial charge in [-0.1, -0.05) is 35.9 Å². The third-order valence-corrected chi connectivity index (χ3v) is 5.29. The zero-order valence-corrected chi connectivity index (χ0v) is 18.3. The van der Waals surface area contributed by atoms with Crippen molar-refractivity contribution in [3.63, 3.8) is 0 Å². The van der Waals surface area contributed by atoms with E-state index in [1.54, 1.807) is 36.5 Å². The summed E-state index contributed by atoms with van der Waals surface area (Å²) < 4.78 is 6.11. The first-order valence-corrected chi connectivity index (χ1v) is 10.6. The van der Waals surface area contributed by atoms with Crippen LogP contribution in [0.3, 0.4) is 0 Å². The summed E-state index contributed by atoms with van der Waals surface area (Å²) in [6, 6.07) is 17.1. The lowest BCUT2D eigenvalue weighted by Crippen LogP contribution is -2.15. The molecular formula is C24H17ClN6O3. The summed E-state index contributed by atoms with van der Waals surface area (Å²) in [7, 11) is 0. The van der Waals surface area contributed by atoms with Crippen LogP contribution in [0.2, 0.25) is 5.02 Å². The Morgan fingerprint density at radius 3 is 2.68 bits per heavy atom. The van der Waals surface area contributed by atoms with Gasteiger partial charge in [-0.25, -0.2) is 15.0 Å². The number of phenols is 1. The van der Waals surface area contributed by atoms with Crippen LogP contribution in [0.15, 0.2) is 77.6 Å². The Morgan fingerprint density at radius 2 is 1.91 bits per heavy atom. The number of H-pyrrole nitrogens is 1. The molecule has 3 aromatic heterocycles. The molecule has 0 unspecified atom stereocenters. The van der Waals surface area contributed by atoms with Gasteiger partial charge in [0.25, 0.3) is 0 Å². The topological polar surface area (TPSA) is 130 Å². The van der Waals surface area contributed by atoms with E-state index in [0.29, 0.717) is 45.1 Å². The molecule has 0 saturated heterocycles.